The molecule has 0 spiro atoms. The average Bonchev–Trinajstić information content (AvgIpc) is 3.33. The zero-order chi connectivity index (χ0) is 33.1. The fourth-order valence-electron chi connectivity index (χ4n) is 7.54. The van der Waals surface area contributed by atoms with E-state index >= 15 is 0 Å². The number of hydrogen-bond donors (Lipinski definition) is 4. The third kappa shape index (κ3) is 7.23. The van der Waals surface area contributed by atoms with Crippen LogP contribution in [0.5, 0.6) is 0 Å². The maximum atomic E-state index is 14.2. The zero-order valence-electron chi connectivity index (χ0n) is 26.5. The standard InChI is InChI=1S/C34H44FN5O7/c35-26-13-8-9-21-19-39(16-15-25(21)26)33(46)47-24-17-28-29(41)38-34(31(43)44)18-22(34)10-4-2-1-3-5-14-27(30(42)40(28)20-24)37-32(45)36-23-11-6-7-12-23/h4,8-10,13,22-24,27-28H,1-3,5-7,11-12,14-20H2,(H,38,41)(H,43,44)(H2,36,37,45)/b10-4+/t22-,24-,27+,28+,34-/m1/s1. The predicted octanol–water partition coefficient (Wildman–Crippen LogP) is 3.38. The molecule has 1 aromatic rings. The molecule has 0 bridgehead atoms. The highest BCUT2D eigenvalue weighted by Crippen LogP contribution is 2.45. The fraction of sp³-hybridized carbons (Fsp3) is 0.618. The van der Waals surface area contributed by atoms with Crippen LogP contribution in [-0.2, 0) is 32.1 Å². The van der Waals surface area contributed by atoms with Gasteiger partial charge in [-0.3, -0.25) is 9.59 Å². The lowest BCUT2D eigenvalue weighted by Crippen LogP contribution is -2.57. The highest BCUT2D eigenvalue weighted by atomic mass is 19.1. The van der Waals surface area contributed by atoms with Gasteiger partial charge in [-0.1, -0.05) is 50.0 Å². The van der Waals surface area contributed by atoms with E-state index in [1.807, 2.05) is 12.2 Å². The Balaban J connectivity index is 1.20. The van der Waals surface area contributed by atoms with Gasteiger partial charge in [0.1, 0.15) is 29.5 Å². The van der Waals surface area contributed by atoms with E-state index in [-0.39, 0.29) is 50.3 Å². The molecule has 0 aromatic heterocycles. The van der Waals surface area contributed by atoms with Gasteiger partial charge in [0.25, 0.3) is 0 Å². The van der Waals surface area contributed by atoms with Crippen molar-refractivity contribution < 1.29 is 38.2 Å². The van der Waals surface area contributed by atoms with Crippen LogP contribution < -0.4 is 16.0 Å². The van der Waals surface area contributed by atoms with Gasteiger partial charge >= 0.3 is 18.1 Å². The monoisotopic (exact) mass is 653 g/mol. The molecule has 3 aliphatic heterocycles. The van der Waals surface area contributed by atoms with Crippen LogP contribution >= 0.6 is 0 Å². The van der Waals surface area contributed by atoms with Gasteiger partial charge in [-0.2, -0.15) is 0 Å². The van der Waals surface area contributed by atoms with Gasteiger partial charge in [0.05, 0.1) is 6.54 Å². The van der Waals surface area contributed by atoms with Crippen molar-refractivity contribution in [2.45, 2.75) is 113 Å². The van der Waals surface area contributed by atoms with E-state index in [0.29, 0.717) is 30.4 Å². The molecule has 5 aliphatic rings. The van der Waals surface area contributed by atoms with Crippen molar-refractivity contribution >= 4 is 29.9 Å². The van der Waals surface area contributed by atoms with Crippen LogP contribution in [0.2, 0.25) is 0 Å². The van der Waals surface area contributed by atoms with E-state index in [1.54, 1.807) is 12.1 Å². The van der Waals surface area contributed by atoms with Crippen LogP contribution in [0, 0.1) is 11.7 Å². The topological polar surface area (TPSA) is 157 Å². The van der Waals surface area contributed by atoms with Crippen LogP contribution in [-0.4, -0.2) is 87.7 Å². The second-order valence-corrected chi connectivity index (χ2v) is 13.6. The Hall–Kier alpha value is -4.16. The van der Waals surface area contributed by atoms with Gasteiger partial charge in [0.2, 0.25) is 11.8 Å². The van der Waals surface area contributed by atoms with E-state index in [4.69, 9.17) is 4.74 Å². The van der Waals surface area contributed by atoms with Crippen molar-refractivity contribution in [3.63, 3.8) is 0 Å². The largest absolute Gasteiger partial charge is 0.479 e. The van der Waals surface area contributed by atoms with Crippen LogP contribution in [0.1, 0.15) is 81.8 Å². The normalized spacial score (nSPS) is 30.5. The molecule has 3 fully saturated rings. The number of carbonyl (C=O) groups is 5. The van der Waals surface area contributed by atoms with Gasteiger partial charge < -0.3 is 35.6 Å². The van der Waals surface area contributed by atoms with Crippen molar-refractivity contribution in [1.29, 1.82) is 0 Å². The second kappa shape index (κ2) is 13.9. The summed E-state index contributed by atoms with van der Waals surface area (Å²) in [7, 11) is 0. The molecule has 12 nitrogen and oxygen atoms in total. The number of rotatable bonds is 4. The van der Waals surface area contributed by atoms with Crippen LogP contribution in [0.4, 0.5) is 14.0 Å². The summed E-state index contributed by atoms with van der Waals surface area (Å²) in [5.74, 6) is -2.94. The minimum atomic E-state index is -1.47. The molecule has 1 aromatic carbocycles. The number of carboxylic acids is 1. The number of nitrogens with zero attached hydrogens (tertiary/aromatic N) is 2. The number of carbonyl (C=O) groups excluding carboxylic acids is 4. The van der Waals surface area contributed by atoms with Crippen LogP contribution in [0.3, 0.4) is 0 Å². The van der Waals surface area contributed by atoms with Crippen molar-refractivity contribution in [1.82, 2.24) is 25.8 Å². The van der Waals surface area contributed by atoms with Crippen molar-refractivity contribution in [3.05, 3.63) is 47.3 Å². The van der Waals surface area contributed by atoms with Crippen molar-refractivity contribution in [2.24, 2.45) is 5.92 Å². The highest BCUT2D eigenvalue weighted by Gasteiger charge is 2.61. The lowest BCUT2D eigenvalue weighted by Gasteiger charge is -2.30. The summed E-state index contributed by atoms with van der Waals surface area (Å²) in [4.78, 5) is 69.4. The number of allylic oxidation sites excluding steroid dienone is 1. The summed E-state index contributed by atoms with van der Waals surface area (Å²) < 4.78 is 20.1. The molecular weight excluding hydrogens is 609 g/mol. The molecule has 6 rings (SSSR count). The van der Waals surface area contributed by atoms with E-state index in [9.17, 15) is 33.5 Å². The molecule has 2 saturated carbocycles. The maximum absolute atomic E-state index is 14.2. The first-order valence-corrected chi connectivity index (χ1v) is 17.0. The number of carboxylic acid groups (broad SMARTS) is 1. The van der Waals surface area contributed by atoms with E-state index in [0.717, 1.165) is 44.9 Å². The molecule has 2 aliphatic carbocycles. The lowest BCUT2D eigenvalue weighted by atomic mass is 9.99. The van der Waals surface area contributed by atoms with Crippen LogP contribution in [0.15, 0.2) is 30.4 Å². The highest BCUT2D eigenvalue weighted by molar-refractivity contribution is 5.96. The Morgan fingerprint density at radius 1 is 1.04 bits per heavy atom. The number of nitrogens with one attached hydrogen (secondary N) is 3. The van der Waals surface area contributed by atoms with Crippen LogP contribution in [0.25, 0.3) is 0 Å². The molecule has 0 unspecified atom stereocenters. The summed E-state index contributed by atoms with van der Waals surface area (Å²) in [5, 5.41) is 18.6. The minimum absolute atomic E-state index is 0.0282. The quantitative estimate of drug-likeness (QED) is 0.363. The predicted molar refractivity (Wildman–Crippen MR) is 167 cm³/mol. The summed E-state index contributed by atoms with van der Waals surface area (Å²) >= 11 is 0. The molecule has 254 valence electrons. The second-order valence-electron chi connectivity index (χ2n) is 13.6. The molecule has 1 saturated heterocycles. The first-order chi connectivity index (χ1) is 22.6. The Bertz CT molecular complexity index is 1430. The van der Waals surface area contributed by atoms with E-state index in [2.05, 4.69) is 16.0 Å². The van der Waals surface area contributed by atoms with Gasteiger partial charge in [-0.25, -0.2) is 18.8 Å². The number of fused-ring (bicyclic) bond motifs is 3. The van der Waals surface area contributed by atoms with Gasteiger partial charge in [-0.05, 0) is 62.1 Å². The number of benzene rings is 1. The Morgan fingerprint density at radius 2 is 1.83 bits per heavy atom. The molecule has 47 heavy (non-hydrogen) atoms. The molecule has 4 N–H and O–H groups in total. The van der Waals surface area contributed by atoms with E-state index < -0.39 is 53.6 Å². The van der Waals surface area contributed by atoms with E-state index in [1.165, 1.54) is 15.9 Å². The molecule has 3 heterocycles. The molecule has 13 heteroatoms. The Morgan fingerprint density at radius 3 is 2.62 bits per heavy atom. The summed E-state index contributed by atoms with van der Waals surface area (Å²) in [6.07, 6.45) is 10.1. The number of amides is 5. The average molecular weight is 654 g/mol. The number of halogens is 1. The summed E-state index contributed by atoms with van der Waals surface area (Å²) in [6, 6.07) is 2.34. The van der Waals surface area contributed by atoms with Crippen molar-refractivity contribution in [3.8, 4) is 0 Å². The van der Waals surface area contributed by atoms with Gasteiger partial charge in [-0.15, -0.1) is 0 Å². The smallest absolute Gasteiger partial charge is 0.410 e. The minimum Gasteiger partial charge on any atom is -0.479 e. The Labute approximate surface area is 273 Å². The summed E-state index contributed by atoms with van der Waals surface area (Å²) in [6.45, 7) is 0.334. The first-order valence-electron chi connectivity index (χ1n) is 17.0. The number of hydrogen-bond acceptors (Lipinski definition) is 6. The van der Waals surface area contributed by atoms with Crippen molar-refractivity contribution in [2.75, 3.05) is 13.1 Å². The third-order valence-corrected chi connectivity index (χ3v) is 10.4. The molecule has 5 amide bonds. The molecule has 0 radical (unpaired) electrons. The zero-order valence-corrected chi connectivity index (χ0v) is 26.5. The lowest BCUT2D eigenvalue weighted by molar-refractivity contribution is -0.145. The number of aliphatic carboxylic acids is 1. The molecular formula is C34H44FN5O7. The third-order valence-electron chi connectivity index (χ3n) is 10.4. The number of urea groups is 1. The summed E-state index contributed by atoms with van der Waals surface area (Å²) in [5.41, 5.74) is -0.202. The number of ether oxygens (including phenoxy) is 1. The SMILES string of the molecule is O=C(NC1CCCC1)N[C@H]1CCCCC/C=C/[C@@H]2C[C@@]2(C(=O)O)NC(=O)[C@@H]2C[C@@H](OC(=O)N3CCc4c(F)cccc4C3)CN2C1=O. The van der Waals surface area contributed by atoms with Gasteiger partial charge in [0.15, 0.2) is 0 Å². The Kier molecular flexibility index (Phi) is 9.70. The first kappa shape index (κ1) is 32.8. The van der Waals surface area contributed by atoms with Gasteiger partial charge in [0, 0.05) is 31.5 Å². The molecule has 5 atom stereocenters. The maximum Gasteiger partial charge on any atom is 0.410 e. The fourth-order valence-corrected chi connectivity index (χ4v) is 7.54.